The van der Waals surface area contributed by atoms with Gasteiger partial charge in [0, 0.05) is 12.8 Å². The van der Waals surface area contributed by atoms with Gasteiger partial charge in [-0.25, -0.2) is 9.59 Å². The molecule has 0 saturated heterocycles. The lowest BCUT2D eigenvalue weighted by molar-refractivity contribution is -0.144. The maximum absolute atomic E-state index is 12.7. The van der Waals surface area contributed by atoms with E-state index in [0.29, 0.717) is 18.1 Å². The van der Waals surface area contributed by atoms with Crippen LogP contribution in [0.2, 0.25) is 0 Å². The van der Waals surface area contributed by atoms with E-state index in [1.54, 1.807) is 64.3 Å². The smallest absolute Gasteiger partial charge is 0.408 e. The number of ether oxygens (including phenoxy) is 3. The molecule has 0 aliphatic heterocycles. The molecule has 0 spiro atoms. The lowest BCUT2D eigenvalue weighted by Gasteiger charge is -2.32. The lowest BCUT2D eigenvalue weighted by Crippen LogP contribution is -2.58. The predicted octanol–water partition coefficient (Wildman–Crippen LogP) is 5.41. The Bertz CT molecular complexity index is 1140. The van der Waals surface area contributed by atoms with Gasteiger partial charge in [0.1, 0.15) is 29.2 Å². The van der Waals surface area contributed by atoms with E-state index in [2.05, 4.69) is 5.32 Å². The molecule has 7 nitrogen and oxygen atoms in total. The molecule has 1 amide bonds. The van der Waals surface area contributed by atoms with Gasteiger partial charge in [0.25, 0.3) is 0 Å². The minimum absolute atomic E-state index is 0.0482. The van der Waals surface area contributed by atoms with Crippen LogP contribution in [-0.2, 0) is 29.0 Å². The van der Waals surface area contributed by atoms with Crippen molar-refractivity contribution in [3.05, 3.63) is 95.6 Å². The highest BCUT2D eigenvalue weighted by Crippen LogP contribution is 2.24. The molecule has 1 unspecified atom stereocenters. The molecule has 2 N–H and O–H groups in total. The first-order chi connectivity index (χ1) is 17.1. The molecule has 36 heavy (non-hydrogen) atoms. The largest absolute Gasteiger partial charge is 0.497 e. The summed E-state index contributed by atoms with van der Waals surface area (Å²) >= 11 is 0. The molecule has 0 saturated carbocycles. The number of methoxy groups -OCH3 is 1. The number of hydrogen-bond acceptors (Lipinski definition) is 5. The number of amides is 1. The molecule has 190 valence electrons. The SMILES string of the molecule is COc1ccc(CC(Cc2ccc(OCc3ccccc3)cc2)(NC(=O)OC(C)(C)C)C(=O)O)cc1. The Morgan fingerprint density at radius 1 is 0.778 bits per heavy atom. The van der Waals surface area contributed by atoms with Gasteiger partial charge in [-0.2, -0.15) is 0 Å². The van der Waals surface area contributed by atoms with Gasteiger partial charge in [-0.1, -0.05) is 54.6 Å². The van der Waals surface area contributed by atoms with Gasteiger partial charge in [0.15, 0.2) is 0 Å². The maximum atomic E-state index is 12.7. The molecule has 3 aromatic rings. The number of carboxylic acid groups (broad SMARTS) is 1. The van der Waals surface area contributed by atoms with E-state index >= 15 is 0 Å². The number of hydrogen-bond donors (Lipinski definition) is 2. The highest BCUT2D eigenvalue weighted by molar-refractivity contribution is 5.85. The van der Waals surface area contributed by atoms with E-state index in [1.807, 2.05) is 42.5 Å². The zero-order valence-electron chi connectivity index (χ0n) is 21.1. The molecule has 0 aliphatic rings. The van der Waals surface area contributed by atoms with Crippen molar-refractivity contribution in [2.24, 2.45) is 0 Å². The van der Waals surface area contributed by atoms with E-state index in [0.717, 1.165) is 16.7 Å². The molecule has 0 aliphatic carbocycles. The fourth-order valence-corrected chi connectivity index (χ4v) is 3.74. The minimum atomic E-state index is -1.64. The number of rotatable bonds is 10. The van der Waals surface area contributed by atoms with Crippen LogP contribution in [0.15, 0.2) is 78.9 Å². The number of aliphatic carboxylic acids is 1. The van der Waals surface area contributed by atoms with Crippen molar-refractivity contribution >= 4 is 12.1 Å². The predicted molar refractivity (Wildman–Crippen MR) is 137 cm³/mol. The maximum Gasteiger partial charge on any atom is 0.408 e. The second kappa shape index (κ2) is 11.6. The van der Waals surface area contributed by atoms with Crippen molar-refractivity contribution in [2.45, 2.75) is 51.4 Å². The van der Waals surface area contributed by atoms with Crippen LogP contribution in [0.1, 0.15) is 37.5 Å². The first kappa shape index (κ1) is 26.6. The van der Waals surface area contributed by atoms with Crippen LogP contribution in [0.4, 0.5) is 4.79 Å². The summed E-state index contributed by atoms with van der Waals surface area (Å²) in [5, 5.41) is 13.0. The summed E-state index contributed by atoms with van der Waals surface area (Å²) in [6.07, 6.45) is -0.689. The Morgan fingerprint density at radius 2 is 1.31 bits per heavy atom. The van der Waals surface area contributed by atoms with Crippen LogP contribution in [0, 0.1) is 0 Å². The average Bonchev–Trinajstić information content (AvgIpc) is 2.83. The second-order valence-electron chi connectivity index (χ2n) is 9.63. The molecular weight excluding hydrogens is 458 g/mol. The fraction of sp³-hybridized carbons (Fsp3) is 0.310. The van der Waals surface area contributed by atoms with Crippen LogP contribution in [0.5, 0.6) is 11.5 Å². The van der Waals surface area contributed by atoms with Crippen molar-refractivity contribution in [3.63, 3.8) is 0 Å². The fourth-order valence-electron chi connectivity index (χ4n) is 3.74. The minimum Gasteiger partial charge on any atom is -0.497 e. The zero-order valence-corrected chi connectivity index (χ0v) is 21.1. The number of nitrogens with one attached hydrogen (secondary N) is 1. The summed E-state index contributed by atoms with van der Waals surface area (Å²) in [7, 11) is 1.56. The van der Waals surface area contributed by atoms with Crippen molar-refractivity contribution in [2.75, 3.05) is 7.11 Å². The summed E-state index contributed by atoms with van der Waals surface area (Å²) in [4.78, 5) is 25.4. The molecule has 0 fully saturated rings. The van der Waals surface area contributed by atoms with Crippen LogP contribution in [-0.4, -0.2) is 35.4 Å². The third kappa shape index (κ3) is 7.77. The third-order valence-electron chi connectivity index (χ3n) is 5.49. The Hall–Kier alpha value is -4.00. The number of carboxylic acids is 1. The monoisotopic (exact) mass is 491 g/mol. The van der Waals surface area contributed by atoms with Gasteiger partial charge >= 0.3 is 12.1 Å². The molecule has 0 aromatic heterocycles. The van der Waals surface area contributed by atoms with Crippen LogP contribution in [0.3, 0.4) is 0 Å². The summed E-state index contributed by atoms with van der Waals surface area (Å²) in [5.41, 5.74) is 0.105. The van der Waals surface area contributed by atoms with Gasteiger partial charge in [-0.05, 0) is 61.7 Å². The summed E-state index contributed by atoms with van der Waals surface area (Å²) in [5.74, 6) is 0.165. The van der Waals surface area contributed by atoms with Crippen molar-refractivity contribution < 1.29 is 28.9 Å². The van der Waals surface area contributed by atoms with E-state index in [9.17, 15) is 14.7 Å². The second-order valence-corrected chi connectivity index (χ2v) is 9.63. The van der Waals surface area contributed by atoms with Gasteiger partial charge in [0.2, 0.25) is 0 Å². The van der Waals surface area contributed by atoms with E-state index in [-0.39, 0.29) is 12.8 Å². The molecular formula is C29H33NO6. The standard InChI is InChI=1S/C29H33NO6/c1-28(2,3)36-27(33)30-29(26(31)32,18-21-10-14-24(34-4)15-11-21)19-22-12-16-25(17-13-22)35-20-23-8-6-5-7-9-23/h5-17H,18-20H2,1-4H3,(H,30,33)(H,31,32). The Morgan fingerprint density at radius 3 is 1.78 bits per heavy atom. The first-order valence-electron chi connectivity index (χ1n) is 11.7. The van der Waals surface area contributed by atoms with Crippen molar-refractivity contribution in [1.29, 1.82) is 0 Å². The van der Waals surface area contributed by atoms with Crippen LogP contribution in [0.25, 0.3) is 0 Å². The first-order valence-corrected chi connectivity index (χ1v) is 11.7. The Kier molecular flexibility index (Phi) is 8.59. The van der Waals surface area contributed by atoms with E-state index < -0.39 is 23.2 Å². The number of carbonyl (C=O) groups excluding carboxylic acids is 1. The van der Waals surface area contributed by atoms with E-state index in [4.69, 9.17) is 14.2 Å². The normalized spacial score (nSPS) is 12.8. The molecule has 3 rings (SSSR count). The highest BCUT2D eigenvalue weighted by Gasteiger charge is 2.41. The van der Waals surface area contributed by atoms with Gasteiger partial charge in [0.05, 0.1) is 7.11 Å². The average molecular weight is 492 g/mol. The van der Waals surface area contributed by atoms with Crippen LogP contribution < -0.4 is 14.8 Å². The van der Waals surface area contributed by atoms with Gasteiger partial charge < -0.3 is 24.6 Å². The van der Waals surface area contributed by atoms with Crippen LogP contribution >= 0.6 is 0 Å². The molecule has 0 heterocycles. The lowest BCUT2D eigenvalue weighted by atomic mass is 9.84. The highest BCUT2D eigenvalue weighted by atomic mass is 16.6. The summed E-state index contributed by atoms with van der Waals surface area (Å²) < 4.78 is 16.4. The Balaban J connectivity index is 1.82. The molecule has 0 radical (unpaired) electrons. The Labute approximate surface area is 212 Å². The van der Waals surface area contributed by atoms with E-state index in [1.165, 1.54) is 0 Å². The molecule has 7 heteroatoms. The summed E-state index contributed by atoms with van der Waals surface area (Å²) in [6, 6.07) is 24.1. The number of benzene rings is 3. The topological polar surface area (TPSA) is 94.1 Å². The number of carbonyl (C=O) groups is 2. The molecule has 3 aromatic carbocycles. The summed E-state index contributed by atoms with van der Waals surface area (Å²) in [6.45, 7) is 5.61. The third-order valence-corrected chi connectivity index (χ3v) is 5.49. The van der Waals surface area contributed by atoms with Gasteiger partial charge in [-0.15, -0.1) is 0 Å². The van der Waals surface area contributed by atoms with Crippen molar-refractivity contribution in [3.8, 4) is 11.5 Å². The quantitative estimate of drug-likeness (QED) is 0.394. The number of alkyl carbamates (subject to hydrolysis) is 1. The van der Waals surface area contributed by atoms with Gasteiger partial charge in [-0.3, -0.25) is 0 Å². The molecule has 0 bridgehead atoms. The van der Waals surface area contributed by atoms with Crippen molar-refractivity contribution in [1.82, 2.24) is 5.32 Å². The molecule has 1 atom stereocenters. The zero-order chi connectivity index (χ0) is 26.2.